The van der Waals surface area contributed by atoms with Crippen molar-refractivity contribution in [2.75, 3.05) is 13.1 Å². The van der Waals surface area contributed by atoms with Gasteiger partial charge in [-0.05, 0) is 36.6 Å². The summed E-state index contributed by atoms with van der Waals surface area (Å²) in [5.74, 6) is 0.659. The smallest absolute Gasteiger partial charge is 0.0175 e. The first-order valence-corrected chi connectivity index (χ1v) is 5.65. The predicted molar refractivity (Wildman–Crippen MR) is 65.1 cm³/mol. The standard InChI is InChI=1S/C14H18N/c1-13-7-10-15(11-8-13)12-9-14-5-3-2-4-6-14/h2-6,9,12-13H,1,7-8,10-11H2. The molecule has 0 amide bonds. The Labute approximate surface area is 92.4 Å². The number of piperidine rings is 1. The number of hydrogen-bond donors (Lipinski definition) is 0. The summed E-state index contributed by atoms with van der Waals surface area (Å²) in [4.78, 5) is 2.38. The molecule has 0 bridgehead atoms. The summed E-state index contributed by atoms with van der Waals surface area (Å²) >= 11 is 0. The van der Waals surface area contributed by atoms with E-state index in [1.165, 1.54) is 18.4 Å². The molecule has 1 heterocycles. The lowest BCUT2D eigenvalue weighted by Gasteiger charge is -2.28. The summed E-state index contributed by atoms with van der Waals surface area (Å²) in [7, 11) is 0. The molecule has 79 valence electrons. The minimum atomic E-state index is 0.659. The van der Waals surface area contributed by atoms with E-state index in [0.717, 1.165) is 13.1 Å². The fourth-order valence-electron chi connectivity index (χ4n) is 1.86. The van der Waals surface area contributed by atoms with E-state index in [1.54, 1.807) is 0 Å². The number of hydrogen-bond acceptors (Lipinski definition) is 1. The first kappa shape index (κ1) is 10.3. The average molecular weight is 200 g/mol. The first-order valence-electron chi connectivity index (χ1n) is 5.65. The molecule has 1 fully saturated rings. The highest BCUT2D eigenvalue weighted by atomic mass is 15.1. The van der Waals surface area contributed by atoms with Gasteiger partial charge in [-0.25, -0.2) is 0 Å². The third kappa shape index (κ3) is 3.12. The predicted octanol–water partition coefficient (Wildman–Crippen LogP) is 3.20. The Kier molecular flexibility index (Phi) is 3.44. The molecule has 0 unspecified atom stereocenters. The summed E-state index contributed by atoms with van der Waals surface area (Å²) in [5.41, 5.74) is 1.27. The van der Waals surface area contributed by atoms with Crippen LogP contribution in [0.25, 0.3) is 6.08 Å². The Morgan fingerprint density at radius 3 is 2.47 bits per heavy atom. The number of rotatable bonds is 2. The van der Waals surface area contributed by atoms with Crippen LogP contribution in [0.3, 0.4) is 0 Å². The van der Waals surface area contributed by atoms with Gasteiger partial charge in [-0.3, -0.25) is 0 Å². The van der Waals surface area contributed by atoms with Crippen molar-refractivity contribution in [3.63, 3.8) is 0 Å². The molecule has 1 aromatic rings. The highest BCUT2D eigenvalue weighted by Gasteiger charge is 2.12. The van der Waals surface area contributed by atoms with Crippen molar-refractivity contribution in [3.8, 4) is 0 Å². The largest absolute Gasteiger partial charge is 0.377 e. The first-order chi connectivity index (χ1) is 7.34. The Bertz CT molecular complexity index is 307. The van der Waals surface area contributed by atoms with Gasteiger partial charge in [-0.15, -0.1) is 0 Å². The Morgan fingerprint density at radius 1 is 1.13 bits per heavy atom. The molecule has 0 saturated carbocycles. The molecule has 0 atom stereocenters. The van der Waals surface area contributed by atoms with Gasteiger partial charge in [-0.1, -0.05) is 37.3 Å². The van der Waals surface area contributed by atoms with E-state index in [1.807, 2.05) is 6.07 Å². The van der Waals surface area contributed by atoms with Crippen LogP contribution >= 0.6 is 0 Å². The lowest BCUT2D eigenvalue weighted by Crippen LogP contribution is -2.28. The topological polar surface area (TPSA) is 3.24 Å². The van der Waals surface area contributed by atoms with E-state index in [2.05, 4.69) is 48.4 Å². The maximum absolute atomic E-state index is 4.10. The van der Waals surface area contributed by atoms with Gasteiger partial charge in [0.2, 0.25) is 0 Å². The van der Waals surface area contributed by atoms with E-state index < -0.39 is 0 Å². The monoisotopic (exact) mass is 200 g/mol. The summed E-state index contributed by atoms with van der Waals surface area (Å²) < 4.78 is 0. The van der Waals surface area contributed by atoms with E-state index in [0.29, 0.717) is 5.92 Å². The molecule has 1 radical (unpaired) electrons. The molecule has 15 heavy (non-hydrogen) atoms. The number of nitrogens with zero attached hydrogens (tertiary/aromatic N) is 1. The Balaban J connectivity index is 1.89. The summed E-state index contributed by atoms with van der Waals surface area (Å²) in [6, 6.07) is 10.4. The molecule has 1 aliphatic rings. The molecule has 1 aromatic carbocycles. The molecule has 1 aliphatic heterocycles. The van der Waals surface area contributed by atoms with Gasteiger partial charge in [0, 0.05) is 13.1 Å². The molecular formula is C14H18N. The lowest BCUT2D eigenvalue weighted by molar-refractivity contribution is 0.271. The highest BCUT2D eigenvalue weighted by molar-refractivity contribution is 5.48. The lowest BCUT2D eigenvalue weighted by atomic mass is 10.00. The zero-order chi connectivity index (χ0) is 10.5. The molecule has 0 N–H and O–H groups in total. The van der Waals surface area contributed by atoms with Gasteiger partial charge >= 0.3 is 0 Å². The molecule has 1 heteroatoms. The highest BCUT2D eigenvalue weighted by Crippen LogP contribution is 2.16. The van der Waals surface area contributed by atoms with Crippen LogP contribution < -0.4 is 0 Å². The third-order valence-corrected chi connectivity index (χ3v) is 2.93. The van der Waals surface area contributed by atoms with Crippen LogP contribution in [0.4, 0.5) is 0 Å². The van der Waals surface area contributed by atoms with E-state index in [4.69, 9.17) is 0 Å². The Morgan fingerprint density at radius 2 is 1.80 bits per heavy atom. The zero-order valence-corrected chi connectivity index (χ0v) is 9.10. The number of benzene rings is 1. The van der Waals surface area contributed by atoms with Crippen molar-refractivity contribution >= 4 is 6.08 Å². The van der Waals surface area contributed by atoms with Gasteiger partial charge in [0.25, 0.3) is 0 Å². The second-order valence-corrected chi connectivity index (χ2v) is 4.21. The SMILES string of the molecule is [CH2]C1CCN(C=Cc2ccccc2)CC1. The van der Waals surface area contributed by atoms with Gasteiger partial charge in [-0.2, -0.15) is 0 Å². The van der Waals surface area contributed by atoms with Gasteiger partial charge in [0.15, 0.2) is 0 Å². The summed E-state index contributed by atoms with van der Waals surface area (Å²) in [6.45, 7) is 6.40. The minimum Gasteiger partial charge on any atom is -0.377 e. The van der Waals surface area contributed by atoms with Crippen molar-refractivity contribution in [1.29, 1.82) is 0 Å². The second kappa shape index (κ2) is 5.01. The zero-order valence-electron chi connectivity index (χ0n) is 9.10. The van der Waals surface area contributed by atoms with Crippen molar-refractivity contribution in [1.82, 2.24) is 4.90 Å². The summed E-state index contributed by atoms with van der Waals surface area (Å²) in [5, 5.41) is 0. The molecule has 2 rings (SSSR count). The van der Waals surface area contributed by atoms with Crippen molar-refractivity contribution in [2.45, 2.75) is 12.8 Å². The van der Waals surface area contributed by atoms with Crippen molar-refractivity contribution in [3.05, 3.63) is 49.0 Å². The van der Waals surface area contributed by atoms with Crippen LogP contribution in [0, 0.1) is 12.8 Å². The normalized spacial score (nSPS) is 18.6. The maximum Gasteiger partial charge on any atom is 0.0175 e. The van der Waals surface area contributed by atoms with Crippen LogP contribution in [0.15, 0.2) is 36.5 Å². The quantitative estimate of drug-likeness (QED) is 0.708. The van der Waals surface area contributed by atoms with E-state index in [-0.39, 0.29) is 0 Å². The molecule has 0 aliphatic carbocycles. The van der Waals surface area contributed by atoms with Crippen LogP contribution in [0.5, 0.6) is 0 Å². The second-order valence-electron chi connectivity index (χ2n) is 4.21. The fraction of sp³-hybridized carbons (Fsp3) is 0.357. The third-order valence-electron chi connectivity index (χ3n) is 2.93. The molecular weight excluding hydrogens is 182 g/mol. The molecule has 1 nitrogen and oxygen atoms in total. The summed E-state index contributed by atoms with van der Waals surface area (Å²) in [6.07, 6.45) is 6.84. The maximum atomic E-state index is 4.10. The van der Waals surface area contributed by atoms with Gasteiger partial charge in [0.05, 0.1) is 0 Å². The van der Waals surface area contributed by atoms with Crippen molar-refractivity contribution in [2.24, 2.45) is 5.92 Å². The fourth-order valence-corrected chi connectivity index (χ4v) is 1.86. The number of likely N-dealkylation sites (tertiary alicyclic amines) is 1. The molecule has 0 aromatic heterocycles. The van der Waals surface area contributed by atoms with Gasteiger partial charge in [0.1, 0.15) is 0 Å². The molecule has 1 saturated heterocycles. The van der Waals surface area contributed by atoms with Crippen LogP contribution in [-0.2, 0) is 0 Å². The van der Waals surface area contributed by atoms with Crippen LogP contribution in [0.2, 0.25) is 0 Å². The average Bonchev–Trinajstić information content (AvgIpc) is 2.30. The van der Waals surface area contributed by atoms with Crippen LogP contribution in [-0.4, -0.2) is 18.0 Å². The minimum absolute atomic E-state index is 0.659. The van der Waals surface area contributed by atoms with E-state index in [9.17, 15) is 0 Å². The van der Waals surface area contributed by atoms with Crippen molar-refractivity contribution < 1.29 is 0 Å². The van der Waals surface area contributed by atoms with Crippen LogP contribution in [0.1, 0.15) is 18.4 Å². The molecule has 0 spiro atoms. The van der Waals surface area contributed by atoms with E-state index >= 15 is 0 Å². The van der Waals surface area contributed by atoms with Gasteiger partial charge < -0.3 is 4.90 Å². The Hall–Kier alpha value is -1.24.